The number of carbonyl (C=O) groups excluding carboxylic acids is 1. The van der Waals surface area contributed by atoms with Gasteiger partial charge in [0.1, 0.15) is 4.90 Å². The number of hydrogen-bond acceptors (Lipinski definition) is 8. The fraction of sp³-hybridized carbons (Fsp3) is 0.417. The van der Waals surface area contributed by atoms with Crippen molar-refractivity contribution in [2.24, 2.45) is 4.36 Å². The van der Waals surface area contributed by atoms with E-state index < -0.39 is 32.7 Å². The van der Waals surface area contributed by atoms with Gasteiger partial charge in [-0.3, -0.25) is 0 Å². The second-order valence-electron chi connectivity index (χ2n) is 4.68. The molecular weight excluding hydrogens is 348 g/mol. The number of para-hydroxylation sites is 1. The van der Waals surface area contributed by atoms with Gasteiger partial charge in [0.25, 0.3) is 0 Å². The number of sulfone groups is 1. The standard InChI is InChI=1S/C12H14N2O7S2/c1-23(18,19)10-5-3-2-4-9(10)21-12(15)14-6-7-20-11(8-14)13-22(16)17/h2-5,11H,6-8H2,1H3. The third-order valence-electron chi connectivity index (χ3n) is 2.96. The molecule has 2 rings (SSSR count). The Hall–Kier alpha value is -1.98. The lowest BCUT2D eigenvalue weighted by Gasteiger charge is -2.29. The van der Waals surface area contributed by atoms with Crippen LogP contribution in [0.1, 0.15) is 0 Å². The highest BCUT2D eigenvalue weighted by Crippen LogP contribution is 2.24. The number of amides is 1. The van der Waals surface area contributed by atoms with Crippen LogP contribution < -0.4 is 4.74 Å². The lowest BCUT2D eigenvalue weighted by Crippen LogP contribution is -2.46. The highest BCUT2D eigenvalue weighted by atomic mass is 32.2. The largest absolute Gasteiger partial charge is 0.415 e. The van der Waals surface area contributed by atoms with Gasteiger partial charge in [-0.05, 0) is 12.1 Å². The van der Waals surface area contributed by atoms with Crippen LogP contribution >= 0.6 is 0 Å². The first-order chi connectivity index (χ1) is 10.8. The van der Waals surface area contributed by atoms with Gasteiger partial charge < -0.3 is 14.4 Å². The maximum Gasteiger partial charge on any atom is 0.415 e. The summed E-state index contributed by atoms with van der Waals surface area (Å²) in [5.74, 6) is -0.0904. The van der Waals surface area contributed by atoms with E-state index >= 15 is 0 Å². The molecule has 0 spiro atoms. The summed E-state index contributed by atoms with van der Waals surface area (Å²) >= 11 is 0. The first-order valence-corrected chi connectivity index (χ1v) is 9.37. The average Bonchev–Trinajstić information content (AvgIpc) is 2.46. The first kappa shape index (κ1) is 17.4. The molecule has 1 atom stereocenters. The Kier molecular flexibility index (Phi) is 5.34. The van der Waals surface area contributed by atoms with Gasteiger partial charge in [-0.15, -0.1) is 4.36 Å². The van der Waals surface area contributed by atoms with Gasteiger partial charge in [0.15, 0.2) is 21.8 Å². The van der Waals surface area contributed by atoms with Gasteiger partial charge >= 0.3 is 16.6 Å². The zero-order chi connectivity index (χ0) is 17.0. The van der Waals surface area contributed by atoms with Crippen LogP contribution in [0.4, 0.5) is 4.79 Å². The molecule has 1 aromatic carbocycles. The molecule has 1 fully saturated rings. The van der Waals surface area contributed by atoms with E-state index in [0.717, 1.165) is 6.26 Å². The fourth-order valence-corrected chi connectivity index (χ4v) is 3.08. The number of carbonyl (C=O) groups is 1. The lowest BCUT2D eigenvalue weighted by molar-refractivity contribution is -0.0145. The molecule has 1 aliphatic rings. The Morgan fingerprint density at radius 3 is 2.74 bits per heavy atom. The van der Waals surface area contributed by atoms with E-state index in [1.54, 1.807) is 0 Å². The van der Waals surface area contributed by atoms with Crippen molar-refractivity contribution in [2.45, 2.75) is 11.1 Å². The summed E-state index contributed by atoms with van der Waals surface area (Å²) < 4.78 is 57.9. The molecule has 0 aliphatic carbocycles. The number of benzene rings is 1. The summed E-state index contributed by atoms with van der Waals surface area (Å²) in [7, 11) is -6.21. The van der Waals surface area contributed by atoms with E-state index in [2.05, 4.69) is 4.36 Å². The van der Waals surface area contributed by atoms with E-state index in [1.807, 2.05) is 0 Å². The molecule has 0 bridgehead atoms. The lowest BCUT2D eigenvalue weighted by atomic mass is 10.3. The SMILES string of the molecule is CS(=O)(=O)c1ccccc1OC(=O)N1CCOC(N=S(=O)=O)C1. The normalized spacial score (nSPS) is 18.3. The van der Waals surface area contributed by atoms with Crippen LogP contribution in [0.2, 0.25) is 0 Å². The third kappa shape index (κ3) is 4.74. The number of hydrogen-bond donors (Lipinski definition) is 0. The minimum Gasteiger partial charge on any atom is -0.409 e. The van der Waals surface area contributed by atoms with Crippen molar-refractivity contribution in [1.82, 2.24) is 4.90 Å². The van der Waals surface area contributed by atoms with Crippen LogP contribution in [0.5, 0.6) is 5.75 Å². The van der Waals surface area contributed by atoms with Crippen molar-refractivity contribution < 1.29 is 31.1 Å². The van der Waals surface area contributed by atoms with E-state index in [-0.39, 0.29) is 30.3 Å². The quantitative estimate of drug-likeness (QED) is 0.759. The topological polar surface area (TPSA) is 119 Å². The van der Waals surface area contributed by atoms with E-state index in [0.29, 0.717) is 0 Å². The molecule has 9 nitrogen and oxygen atoms in total. The molecule has 23 heavy (non-hydrogen) atoms. The van der Waals surface area contributed by atoms with Crippen LogP contribution in [0.15, 0.2) is 33.5 Å². The smallest absolute Gasteiger partial charge is 0.409 e. The molecule has 11 heteroatoms. The van der Waals surface area contributed by atoms with Crippen LogP contribution in [0, 0.1) is 0 Å². The van der Waals surface area contributed by atoms with Crippen LogP contribution in [-0.4, -0.2) is 60.0 Å². The van der Waals surface area contributed by atoms with Crippen molar-refractivity contribution in [3.63, 3.8) is 0 Å². The fourth-order valence-electron chi connectivity index (χ4n) is 1.96. The molecule has 1 saturated heterocycles. The molecule has 1 unspecified atom stereocenters. The summed E-state index contributed by atoms with van der Waals surface area (Å²) in [5, 5.41) is 0. The van der Waals surface area contributed by atoms with Crippen molar-refractivity contribution in [3.8, 4) is 5.75 Å². The minimum atomic E-state index is -3.56. The summed E-state index contributed by atoms with van der Waals surface area (Å²) in [6.07, 6.45) is -0.798. The summed E-state index contributed by atoms with van der Waals surface area (Å²) in [6, 6.07) is 5.75. The third-order valence-corrected chi connectivity index (χ3v) is 4.50. The maximum atomic E-state index is 12.1. The predicted molar refractivity (Wildman–Crippen MR) is 78.2 cm³/mol. The van der Waals surface area contributed by atoms with E-state index in [4.69, 9.17) is 9.47 Å². The Morgan fingerprint density at radius 2 is 2.09 bits per heavy atom. The van der Waals surface area contributed by atoms with Gasteiger partial charge in [-0.25, -0.2) is 13.2 Å². The van der Waals surface area contributed by atoms with E-state index in [9.17, 15) is 21.6 Å². The average molecular weight is 362 g/mol. The maximum absolute atomic E-state index is 12.1. The summed E-state index contributed by atoms with van der Waals surface area (Å²) in [5.41, 5.74) is 0. The molecule has 126 valence electrons. The van der Waals surface area contributed by atoms with Crippen molar-refractivity contribution >= 4 is 26.4 Å². The Morgan fingerprint density at radius 1 is 1.39 bits per heavy atom. The second-order valence-corrected chi connectivity index (χ2v) is 7.31. The predicted octanol–water partition coefficient (Wildman–Crippen LogP) is 0.310. The molecule has 1 aromatic rings. The van der Waals surface area contributed by atoms with Gasteiger partial charge in [0.05, 0.1) is 13.2 Å². The van der Waals surface area contributed by atoms with Gasteiger partial charge in [0, 0.05) is 12.8 Å². The molecule has 1 amide bonds. The molecular formula is C12H14N2O7S2. The van der Waals surface area contributed by atoms with Crippen LogP contribution in [0.25, 0.3) is 0 Å². The number of rotatable bonds is 3. The van der Waals surface area contributed by atoms with Gasteiger partial charge in [-0.2, -0.15) is 8.42 Å². The van der Waals surface area contributed by atoms with Crippen molar-refractivity contribution in [3.05, 3.63) is 24.3 Å². The number of nitrogens with zero attached hydrogens (tertiary/aromatic N) is 2. The zero-order valence-corrected chi connectivity index (χ0v) is 13.7. The van der Waals surface area contributed by atoms with Crippen molar-refractivity contribution in [2.75, 3.05) is 26.0 Å². The molecule has 0 radical (unpaired) electrons. The van der Waals surface area contributed by atoms with E-state index in [1.165, 1.54) is 29.2 Å². The van der Waals surface area contributed by atoms with Gasteiger partial charge in [-0.1, -0.05) is 12.1 Å². The zero-order valence-electron chi connectivity index (χ0n) is 12.1. The Balaban J connectivity index is 2.15. The summed E-state index contributed by atoms with van der Waals surface area (Å²) in [6.45, 7) is 0.166. The Bertz CT molecular complexity index is 825. The van der Waals surface area contributed by atoms with Crippen LogP contribution in [0.3, 0.4) is 0 Å². The molecule has 1 aliphatic heterocycles. The molecule has 0 N–H and O–H groups in total. The van der Waals surface area contributed by atoms with Crippen LogP contribution in [-0.2, 0) is 25.1 Å². The second kappa shape index (κ2) is 7.06. The monoisotopic (exact) mass is 362 g/mol. The highest BCUT2D eigenvalue weighted by Gasteiger charge is 2.27. The highest BCUT2D eigenvalue weighted by molar-refractivity contribution is 7.90. The Labute approximate surface area is 134 Å². The molecule has 0 aromatic heterocycles. The molecule has 0 saturated carbocycles. The number of ether oxygens (including phenoxy) is 2. The first-order valence-electron chi connectivity index (χ1n) is 6.45. The number of morpholine rings is 1. The van der Waals surface area contributed by atoms with Gasteiger partial charge in [0.2, 0.25) is 0 Å². The molecule has 1 heterocycles. The minimum absolute atomic E-state index is 0.0904. The summed E-state index contributed by atoms with van der Waals surface area (Å²) in [4.78, 5) is 13.2. The van der Waals surface area contributed by atoms with Crippen molar-refractivity contribution in [1.29, 1.82) is 0 Å².